The highest BCUT2D eigenvalue weighted by Crippen LogP contribution is 2.23. The molecule has 0 bridgehead atoms. The Kier molecular flexibility index (Phi) is 3.46. The van der Waals surface area contributed by atoms with Gasteiger partial charge in [0.15, 0.2) is 6.61 Å². The first-order valence-corrected chi connectivity index (χ1v) is 4.79. The summed E-state index contributed by atoms with van der Waals surface area (Å²) in [4.78, 5) is 12.6. The zero-order chi connectivity index (χ0) is 11.6. The van der Waals surface area contributed by atoms with Crippen LogP contribution in [0.2, 0.25) is 0 Å². The molecule has 1 aliphatic rings. The van der Waals surface area contributed by atoms with E-state index < -0.39 is 18.9 Å². The van der Waals surface area contributed by atoms with E-state index >= 15 is 0 Å². The molecule has 0 spiro atoms. The lowest BCUT2D eigenvalue weighted by Crippen LogP contribution is -2.36. The van der Waals surface area contributed by atoms with Crippen LogP contribution in [0.3, 0.4) is 0 Å². The van der Waals surface area contributed by atoms with E-state index in [0.29, 0.717) is 12.5 Å². The Hall–Kier alpha value is -0.940. The molecule has 1 fully saturated rings. The predicted molar refractivity (Wildman–Crippen MR) is 47.4 cm³/mol. The molecule has 1 aliphatic heterocycles. The van der Waals surface area contributed by atoms with Crippen LogP contribution in [0.25, 0.3) is 0 Å². The van der Waals surface area contributed by atoms with E-state index in [1.54, 1.807) is 6.92 Å². The third kappa shape index (κ3) is 3.60. The molecule has 0 aromatic carbocycles. The maximum Gasteiger partial charge on any atom is 0.422 e. The summed E-state index contributed by atoms with van der Waals surface area (Å²) in [7, 11) is 0. The molecule has 1 saturated heterocycles. The van der Waals surface area contributed by atoms with E-state index in [-0.39, 0.29) is 6.04 Å². The van der Waals surface area contributed by atoms with Crippen LogP contribution in [0.1, 0.15) is 20.3 Å². The molecule has 0 aromatic heterocycles. The number of rotatable bonds is 1. The van der Waals surface area contributed by atoms with Crippen molar-refractivity contribution in [2.75, 3.05) is 13.2 Å². The van der Waals surface area contributed by atoms with E-state index in [4.69, 9.17) is 0 Å². The molecule has 15 heavy (non-hydrogen) atoms. The second kappa shape index (κ2) is 4.28. The van der Waals surface area contributed by atoms with Gasteiger partial charge in [0.05, 0.1) is 0 Å². The molecule has 0 aliphatic carbocycles. The highest BCUT2D eigenvalue weighted by Gasteiger charge is 2.34. The van der Waals surface area contributed by atoms with Crippen LogP contribution >= 0.6 is 0 Å². The van der Waals surface area contributed by atoms with E-state index in [9.17, 15) is 18.0 Å². The number of amides is 1. The summed E-state index contributed by atoms with van der Waals surface area (Å²) in [5.41, 5.74) is 0. The summed E-state index contributed by atoms with van der Waals surface area (Å²) in [5, 5.41) is 0. The van der Waals surface area contributed by atoms with Crippen molar-refractivity contribution < 1.29 is 22.7 Å². The van der Waals surface area contributed by atoms with Gasteiger partial charge in [-0.1, -0.05) is 6.92 Å². The number of ether oxygens (including phenoxy) is 1. The van der Waals surface area contributed by atoms with Crippen LogP contribution in [0, 0.1) is 5.92 Å². The van der Waals surface area contributed by atoms with Gasteiger partial charge in [0, 0.05) is 12.6 Å². The van der Waals surface area contributed by atoms with Gasteiger partial charge in [-0.25, -0.2) is 4.79 Å². The smallest absolute Gasteiger partial charge is 0.422 e. The molecule has 1 amide bonds. The van der Waals surface area contributed by atoms with Crippen molar-refractivity contribution in [2.45, 2.75) is 32.5 Å². The van der Waals surface area contributed by atoms with Crippen molar-refractivity contribution >= 4 is 6.09 Å². The van der Waals surface area contributed by atoms with Gasteiger partial charge in [-0.3, -0.25) is 0 Å². The number of nitrogens with zero attached hydrogens (tertiary/aromatic N) is 1. The van der Waals surface area contributed by atoms with Gasteiger partial charge in [-0.2, -0.15) is 13.2 Å². The van der Waals surface area contributed by atoms with Crippen molar-refractivity contribution in [1.29, 1.82) is 0 Å². The Balaban J connectivity index is 2.41. The van der Waals surface area contributed by atoms with Crippen LogP contribution in [0.4, 0.5) is 18.0 Å². The number of carbonyl (C=O) groups excluding carboxylic acids is 1. The van der Waals surface area contributed by atoms with Crippen molar-refractivity contribution in [1.82, 2.24) is 4.90 Å². The fourth-order valence-electron chi connectivity index (χ4n) is 1.78. The Morgan fingerprint density at radius 1 is 1.47 bits per heavy atom. The van der Waals surface area contributed by atoms with Crippen LogP contribution < -0.4 is 0 Å². The Morgan fingerprint density at radius 2 is 2.07 bits per heavy atom. The highest BCUT2D eigenvalue weighted by molar-refractivity contribution is 5.68. The first kappa shape index (κ1) is 12.1. The summed E-state index contributed by atoms with van der Waals surface area (Å²) in [6.45, 7) is 2.72. The number of carbonyl (C=O) groups is 1. The molecule has 6 heteroatoms. The minimum absolute atomic E-state index is 0.0410. The molecule has 0 saturated carbocycles. The molecule has 1 rings (SSSR count). The zero-order valence-electron chi connectivity index (χ0n) is 8.67. The van der Waals surface area contributed by atoms with Crippen molar-refractivity contribution in [3.8, 4) is 0 Å². The van der Waals surface area contributed by atoms with Crippen molar-refractivity contribution in [3.63, 3.8) is 0 Å². The van der Waals surface area contributed by atoms with Gasteiger partial charge in [0.1, 0.15) is 0 Å². The van der Waals surface area contributed by atoms with E-state index in [0.717, 1.165) is 6.42 Å². The Morgan fingerprint density at radius 3 is 2.47 bits per heavy atom. The molecule has 0 N–H and O–H groups in total. The van der Waals surface area contributed by atoms with Gasteiger partial charge >= 0.3 is 12.3 Å². The quantitative estimate of drug-likeness (QED) is 0.685. The number of hydrogen-bond donors (Lipinski definition) is 0. The third-order valence-electron chi connectivity index (χ3n) is 2.38. The molecule has 0 aromatic rings. The van der Waals surface area contributed by atoms with Crippen LogP contribution in [0.15, 0.2) is 0 Å². The summed E-state index contributed by atoms with van der Waals surface area (Å²) in [6, 6.07) is -0.0410. The lowest BCUT2D eigenvalue weighted by Gasteiger charge is -2.21. The second-order valence-corrected chi connectivity index (χ2v) is 4.01. The van der Waals surface area contributed by atoms with Gasteiger partial charge in [0.25, 0.3) is 0 Å². The Bertz CT molecular complexity index is 242. The first-order valence-electron chi connectivity index (χ1n) is 4.79. The lowest BCUT2D eigenvalue weighted by atomic mass is 10.1. The minimum atomic E-state index is -4.45. The number of hydrogen-bond acceptors (Lipinski definition) is 2. The first-order chi connectivity index (χ1) is 6.79. The number of alkyl halides is 3. The second-order valence-electron chi connectivity index (χ2n) is 4.01. The van der Waals surface area contributed by atoms with Crippen LogP contribution in [-0.4, -0.2) is 36.4 Å². The maximum atomic E-state index is 11.8. The fraction of sp³-hybridized carbons (Fsp3) is 0.889. The minimum Gasteiger partial charge on any atom is -0.440 e. The van der Waals surface area contributed by atoms with Crippen LogP contribution in [0.5, 0.6) is 0 Å². The molecule has 88 valence electrons. The van der Waals surface area contributed by atoms with Gasteiger partial charge in [-0.15, -0.1) is 0 Å². The normalized spacial score (nSPS) is 26.9. The zero-order valence-corrected chi connectivity index (χ0v) is 8.67. The van der Waals surface area contributed by atoms with Gasteiger partial charge < -0.3 is 9.64 Å². The third-order valence-corrected chi connectivity index (χ3v) is 2.38. The average molecular weight is 225 g/mol. The molecule has 0 radical (unpaired) electrons. The Labute approximate surface area is 86.2 Å². The van der Waals surface area contributed by atoms with E-state index in [1.807, 2.05) is 6.92 Å². The highest BCUT2D eigenvalue weighted by atomic mass is 19.4. The van der Waals surface area contributed by atoms with Gasteiger partial charge in [0.2, 0.25) is 0 Å². The summed E-state index contributed by atoms with van der Waals surface area (Å²) in [5.74, 6) is 0.318. The van der Waals surface area contributed by atoms with Crippen LogP contribution in [-0.2, 0) is 4.74 Å². The molecule has 2 atom stereocenters. The molecule has 1 heterocycles. The van der Waals surface area contributed by atoms with E-state index in [2.05, 4.69) is 4.74 Å². The van der Waals surface area contributed by atoms with Crippen molar-refractivity contribution in [2.24, 2.45) is 5.92 Å². The predicted octanol–water partition coefficient (Wildman–Crippen LogP) is 2.42. The standard InChI is InChI=1S/C9H14F3NO2/c1-6-3-7(2)13(4-6)8(14)15-5-9(10,11)12/h6-7H,3-5H2,1-2H3. The van der Waals surface area contributed by atoms with E-state index in [1.165, 1.54) is 4.90 Å². The number of halogens is 3. The monoisotopic (exact) mass is 225 g/mol. The SMILES string of the molecule is CC1CC(C)N(C(=O)OCC(F)(F)F)C1. The fourth-order valence-corrected chi connectivity index (χ4v) is 1.78. The molecular formula is C9H14F3NO2. The molecule has 2 unspecified atom stereocenters. The topological polar surface area (TPSA) is 29.5 Å². The summed E-state index contributed by atoms with van der Waals surface area (Å²) < 4.78 is 39.5. The average Bonchev–Trinajstić information content (AvgIpc) is 2.40. The largest absolute Gasteiger partial charge is 0.440 e. The summed E-state index contributed by atoms with van der Waals surface area (Å²) >= 11 is 0. The maximum absolute atomic E-state index is 11.8. The number of likely N-dealkylation sites (tertiary alicyclic amines) is 1. The molecule has 3 nitrogen and oxygen atoms in total. The van der Waals surface area contributed by atoms with Crippen molar-refractivity contribution in [3.05, 3.63) is 0 Å². The molecular weight excluding hydrogens is 211 g/mol. The lowest BCUT2D eigenvalue weighted by molar-refractivity contribution is -0.162. The summed E-state index contributed by atoms with van der Waals surface area (Å²) in [6.07, 6.45) is -4.52. The van der Waals surface area contributed by atoms with Gasteiger partial charge in [-0.05, 0) is 19.3 Å².